The summed E-state index contributed by atoms with van der Waals surface area (Å²) in [4.78, 5) is 64.0. The summed E-state index contributed by atoms with van der Waals surface area (Å²) in [6.07, 6.45) is 4.12. The lowest BCUT2D eigenvalue weighted by atomic mass is 9.84. The molecule has 1 aromatic carbocycles. The molecule has 2 aromatic heterocycles. The first-order chi connectivity index (χ1) is 26.4. The van der Waals surface area contributed by atoms with Gasteiger partial charge in [-0.25, -0.2) is 4.98 Å². The van der Waals surface area contributed by atoms with E-state index in [1.54, 1.807) is 12.5 Å². The molecule has 1 aliphatic heterocycles. The molecule has 14 heteroatoms. The van der Waals surface area contributed by atoms with E-state index in [0.29, 0.717) is 37.2 Å². The molecule has 300 valence electrons. The topological polar surface area (TPSA) is 150 Å². The summed E-state index contributed by atoms with van der Waals surface area (Å²) in [5, 5.41) is 20.2. The number of thiazole rings is 1. The Morgan fingerprint density at radius 3 is 2.53 bits per heavy atom. The number of aliphatic carboxylic acids is 1. The fraction of sp³-hybridized carbons (Fsp3) is 0.585. The van der Waals surface area contributed by atoms with Crippen molar-refractivity contribution < 1.29 is 33.8 Å². The molecular formula is C41H57N5O7S2. The average molecular weight is 796 g/mol. The van der Waals surface area contributed by atoms with Crippen LogP contribution in [-0.2, 0) is 36.8 Å². The van der Waals surface area contributed by atoms with E-state index in [-0.39, 0.29) is 60.2 Å². The van der Waals surface area contributed by atoms with Gasteiger partial charge in [-0.1, -0.05) is 70.9 Å². The maximum Gasteiger partial charge on any atom is 0.311 e. The molecule has 3 unspecified atom stereocenters. The zero-order chi connectivity index (χ0) is 39.6. The summed E-state index contributed by atoms with van der Waals surface area (Å²) in [6, 6.07) is 10.0. The SMILES string of the molecule is CCC(C)C(NC(=O)C1CCCCN1C)C(=O)N(Cc1ccccc1)[C@H](C[C@@H](OCOC)c1nc(C(=O)N[C@H]2Cc3sccc3[C@H](C(=O)O)C2)cs1)C(C)C. The van der Waals surface area contributed by atoms with E-state index in [2.05, 4.69) is 29.4 Å². The van der Waals surface area contributed by atoms with Crippen LogP contribution < -0.4 is 10.6 Å². The van der Waals surface area contributed by atoms with Crippen molar-refractivity contribution in [1.29, 1.82) is 0 Å². The zero-order valence-electron chi connectivity index (χ0n) is 32.9. The minimum Gasteiger partial charge on any atom is -0.481 e. The van der Waals surface area contributed by atoms with Crippen LogP contribution in [0.5, 0.6) is 0 Å². The summed E-state index contributed by atoms with van der Waals surface area (Å²) < 4.78 is 11.6. The molecule has 0 bridgehead atoms. The smallest absolute Gasteiger partial charge is 0.311 e. The largest absolute Gasteiger partial charge is 0.481 e. The zero-order valence-corrected chi connectivity index (χ0v) is 34.5. The van der Waals surface area contributed by atoms with Gasteiger partial charge in [-0.3, -0.25) is 24.1 Å². The van der Waals surface area contributed by atoms with Gasteiger partial charge in [-0.15, -0.1) is 22.7 Å². The Labute approximate surface area is 333 Å². The number of ether oxygens (including phenoxy) is 2. The number of aromatic nitrogens is 1. The highest BCUT2D eigenvalue weighted by atomic mass is 32.1. The van der Waals surface area contributed by atoms with Gasteiger partial charge < -0.3 is 30.1 Å². The molecule has 55 heavy (non-hydrogen) atoms. The van der Waals surface area contributed by atoms with E-state index in [1.165, 1.54) is 22.7 Å². The van der Waals surface area contributed by atoms with Crippen LogP contribution >= 0.6 is 22.7 Å². The van der Waals surface area contributed by atoms with Gasteiger partial charge in [0.1, 0.15) is 29.6 Å². The van der Waals surface area contributed by atoms with Gasteiger partial charge in [0.2, 0.25) is 11.8 Å². The summed E-state index contributed by atoms with van der Waals surface area (Å²) in [6.45, 7) is 9.36. The first kappa shape index (κ1) is 42.5. The Kier molecular flexibility index (Phi) is 15.4. The fourth-order valence-electron chi connectivity index (χ4n) is 7.71. The van der Waals surface area contributed by atoms with E-state index in [0.717, 1.165) is 41.8 Å². The van der Waals surface area contributed by atoms with Crippen molar-refractivity contribution in [1.82, 2.24) is 25.4 Å². The van der Waals surface area contributed by atoms with Gasteiger partial charge in [-0.2, -0.15) is 0 Å². The molecular weight excluding hydrogens is 739 g/mol. The first-order valence-electron chi connectivity index (χ1n) is 19.4. The number of hydrogen-bond acceptors (Lipinski definition) is 10. The van der Waals surface area contributed by atoms with Crippen LogP contribution in [0, 0.1) is 11.8 Å². The lowest BCUT2D eigenvalue weighted by Gasteiger charge is -2.40. The van der Waals surface area contributed by atoms with E-state index in [4.69, 9.17) is 14.5 Å². The van der Waals surface area contributed by atoms with Gasteiger partial charge in [0.15, 0.2) is 0 Å². The van der Waals surface area contributed by atoms with Crippen molar-refractivity contribution in [3.63, 3.8) is 0 Å². The van der Waals surface area contributed by atoms with E-state index >= 15 is 0 Å². The molecule has 5 rings (SSSR count). The number of thiophene rings is 1. The van der Waals surface area contributed by atoms with Crippen LogP contribution in [0.25, 0.3) is 0 Å². The Morgan fingerprint density at radius 1 is 1.09 bits per heavy atom. The Balaban J connectivity index is 1.40. The molecule has 0 saturated carbocycles. The Bertz CT molecular complexity index is 1730. The predicted molar refractivity (Wildman–Crippen MR) is 214 cm³/mol. The Morgan fingerprint density at radius 2 is 1.85 bits per heavy atom. The van der Waals surface area contributed by atoms with E-state index in [9.17, 15) is 24.3 Å². The van der Waals surface area contributed by atoms with E-state index < -0.39 is 24.0 Å². The monoisotopic (exact) mass is 795 g/mol. The molecule has 3 N–H and O–H groups in total. The van der Waals surface area contributed by atoms with Gasteiger partial charge in [0, 0.05) is 48.8 Å². The van der Waals surface area contributed by atoms with Crippen molar-refractivity contribution >= 4 is 46.4 Å². The second kappa shape index (κ2) is 19.9. The van der Waals surface area contributed by atoms with Gasteiger partial charge in [0.25, 0.3) is 5.91 Å². The summed E-state index contributed by atoms with van der Waals surface area (Å²) in [5.41, 5.74) is 2.01. The second-order valence-corrected chi connectivity index (χ2v) is 17.2. The number of carboxylic acids is 1. The molecule has 3 amide bonds. The highest BCUT2D eigenvalue weighted by Crippen LogP contribution is 2.36. The lowest BCUT2D eigenvalue weighted by molar-refractivity contribution is -0.144. The molecule has 3 aromatic rings. The molecule has 2 aliphatic rings. The molecule has 7 atom stereocenters. The maximum absolute atomic E-state index is 15.0. The third-order valence-electron chi connectivity index (χ3n) is 11.1. The first-order valence-corrected chi connectivity index (χ1v) is 21.2. The lowest BCUT2D eigenvalue weighted by Crippen LogP contribution is -2.58. The van der Waals surface area contributed by atoms with Crippen LogP contribution in [0.4, 0.5) is 0 Å². The van der Waals surface area contributed by atoms with Gasteiger partial charge in [0.05, 0.1) is 12.0 Å². The fourth-order valence-corrected chi connectivity index (χ4v) is 9.60. The second-order valence-electron chi connectivity index (χ2n) is 15.3. The minimum absolute atomic E-state index is 0.0163. The number of methoxy groups -OCH3 is 1. The summed E-state index contributed by atoms with van der Waals surface area (Å²) >= 11 is 2.81. The van der Waals surface area contributed by atoms with Crippen LogP contribution in [-0.4, -0.2) is 95.2 Å². The predicted octanol–water partition coefficient (Wildman–Crippen LogP) is 6.24. The van der Waals surface area contributed by atoms with Crippen LogP contribution in [0.2, 0.25) is 0 Å². The third kappa shape index (κ3) is 10.8. The van der Waals surface area contributed by atoms with Gasteiger partial charge >= 0.3 is 5.97 Å². The van der Waals surface area contributed by atoms with Crippen LogP contribution in [0.3, 0.4) is 0 Å². The van der Waals surface area contributed by atoms with Crippen molar-refractivity contribution in [3.8, 4) is 0 Å². The number of nitrogens with one attached hydrogen (secondary N) is 2. The number of amides is 3. The molecule has 3 heterocycles. The van der Waals surface area contributed by atoms with Crippen molar-refractivity contribution in [2.75, 3.05) is 27.5 Å². The van der Waals surface area contributed by atoms with Crippen molar-refractivity contribution in [3.05, 3.63) is 73.9 Å². The number of benzene rings is 1. The van der Waals surface area contributed by atoms with Gasteiger partial charge in [-0.05, 0) is 67.3 Å². The standard InChI is InChI=1S/C41H57N5O7S2/c1-7-26(4)36(44-38(48)32-15-11-12-17-45(32)5)40(49)46(22-27-13-9-8-10-14-27)33(25(2)3)21-34(53-24-52-6)39-43-31(23-55-39)37(47)42-28-19-30(41(50)51)29-16-18-54-35(29)20-28/h8-10,13-14,16,18,23,25-26,28,30,32-34,36H,7,11-12,15,17,19-22,24H2,1-6H3,(H,42,47)(H,44,48)(H,50,51)/t26?,28-,30-,32?,33-,34-,36?/m1/s1. The van der Waals surface area contributed by atoms with Crippen LogP contribution in [0.1, 0.15) is 110 Å². The maximum atomic E-state index is 15.0. The number of likely N-dealkylation sites (tertiary alicyclic amines) is 1. The Hall–Kier alpha value is -3.69. The van der Waals surface area contributed by atoms with Crippen LogP contribution in [0.15, 0.2) is 47.2 Å². The molecule has 0 radical (unpaired) electrons. The molecule has 1 aliphatic carbocycles. The summed E-state index contributed by atoms with van der Waals surface area (Å²) in [5.74, 6) is -2.33. The average Bonchev–Trinajstić information content (AvgIpc) is 3.87. The molecule has 12 nitrogen and oxygen atoms in total. The number of piperidine rings is 1. The van der Waals surface area contributed by atoms with Crippen molar-refractivity contribution in [2.24, 2.45) is 11.8 Å². The highest BCUT2D eigenvalue weighted by molar-refractivity contribution is 7.10. The third-order valence-corrected chi connectivity index (χ3v) is 13.0. The van der Waals surface area contributed by atoms with E-state index in [1.807, 2.05) is 67.6 Å². The number of hydrogen-bond donors (Lipinski definition) is 3. The number of nitrogens with zero attached hydrogens (tertiary/aromatic N) is 3. The molecule has 0 spiro atoms. The number of carboxylic acid groups (broad SMARTS) is 1. The normalized spacial score (nSPS) is 20.9. The molecule has 1 saturated heterocycles. The number of fused-ring (bicyclic) bond motifs is 1. The highest BCUT2D eigenvalue weighted by Gasteiger charge is 2.39. The number of carbonyl (C=O) groups excluding carboxylic acids is 3. The number of carbonyl (C=O) groups is 4. The summed E-state index contributed by atoms with van der Waals surface area (Å²) in [7, 11) is 3.51. The molecule has 1 fully saturated rings. The number of likely N-dealkylation sites (N-methyl/N-ethyl adjacent to an activating group) is 1. The van der Waals surface area contributed by atoms with Crippen molar-refractivity contribution in [2.45, 2.75) is 115 Å². The quantitative estimate of drug-likeness (QED) is 0.127. The number of rotatable bonds is 18. The minimum atomic E-state index is -0.901.